The number of anilines is 2. The lowest BCUT2D eigenvalue weighted by atomic mass is 9.49. The summed E-state index contributed by atoms with van der Waals surface area (Å²) in [5, 5.41) is 24.1. The van der Waals surface area contributed by atoms with Crippen LogP contribution in [-0.2, 0) is 37.4 Å². The maximum absolute atomic E-state index is 15.5. The molecule has 4 aliphatic rings. The number of hydrazine groups is 1. The van der Waals surface area contributed by atoms with Gasteiger partial charge in [-0.3, -0.25) is 34.7 Å². The first-order chi connectivity index (χ1) is 30.1. The normalized spacial score (nSPS) is 24.1. The number of phenolic OH excluding ortho intramolecular Hbond substituents is 1. The first-order valence-electron chi connectivity index (χ1n) is 19.5. The Kier molecular flexibility index (Phi) is 10.3. The number of phenols is 1. The van der Waals surface area contributed by atoms with Crippen LogP contribution in [0.4, 0.5) is 30.4 Å². The number of aromatic hydroxyl groups is 1. The molecule has 18 heteroatoms. The van der Waals surface area contributed by atoms with Crippen LogP contribution in [0, 0.1) is 33.8 Å². The van der Waals surface area contributed by atoms with Gasteiger partial charge in [-0.05, 0) is 60.2 Å². The summed E-state index contributed by atoms with van der Waals surface area (Å²) in [4.78, 5) is 75.1. The molecule has 63 heavy (non-hydrogen) atoms. The van der Waals surface area contributed by atoms with E-state index in [1.165, 1.54) is 36.4 Å². The van der Waals surface area contributed by atoms with Gasteiger partial charge in [-0.1, -0.05) is 89.4 Å². The predicted octanol–water partition coefficient (Wildman–Crippen LogP) is 8.79. The summed E-state index contributed by atoms with van der Waals surface area (Å²) < 4.78 is 46.8. The number of nitro benzene ring substituents is 1. The van der Waals surface area contributed by atoms with E-state index in [2.05, 4.69) is 10.4 Å². The molecule has 0 spiro atoms. The molecule has 4 amide bonds. The smallest absolute Gasteiger partial charge is 0.417 e. The Balaban J connectivity index is 1.20. The Morgan fingerprint density at radius 3 is 2.33 bits per heavy atom. The van der Waals surface area contributed by atoms with Gasteiger partial charge in [0.05, 0.1) is 44.4 Å². The van der Waals surface area contributed by atoms with Crippen molar-refractivity contribution in [1.82, 2.24) is 9.99 Å². The molecular weight excluding hydrogens is 866 g/mol. The number of pyridine rings is 1. The van der Waals surface area contributed by atoms with E-state index in [-0.39, 0.29) is 53.4 Å². The quantitative estimate of drug-likeness (QED) is 0.0631. The van der Waals surface area contributed by atoms with Crippen LogP contribution in [0.1, 0.15) is 41.0 Å². The van der Waals surface area contributed by atoms with Crippen LogP contribution >= 0.6 is 23.2 Å². The van der Waals surface area contributed by atoms with Crippen LogP contribution in [0.5, 0.6) is 11.5 Å². The molecule has 5 aromatic rings. The van der Waals surface area contributed by atoms with Crippen molar-refractivity contribution in [3.05, 3.63) is 163 Å². The van der Waals surface area contributed by atoms with E-state index < -0.39 is 86.1 Å². The number of carbonyl (C=O) groups excluding carboxylic acids is 4. The zero-order valence-corrected chi connectivity index (χ0v) is 34.0. The number of fused-ring (bicyclic) bond motifs is 4. The summed E-state index contributed by atoms with van der Waals surface area (Å²) in [6, 6.07) is 25.7. The fourth-order valence-electron chi connectivity index (χ4n) is 9.73. The molecule has 9 rings (SSSR count). The Morgan fingerprint density at radius 2 is 1.65 bits per heavy atom. The molecule has 3 heterocycles. The van der Waals surface area contributed by atoms with Crippen molar-refractivity contribution >= 4 is 64.0 Å². The maximum Gasteiger partial charge on any atom is 0.417 e. The highest BCUT2D eigenvalue weighted by molar-refractivity contribution is 6.33. The monoisotopic (exact) mass is 897 g/mol. The molecule has 1 saturated carbocycles. The third-order valence-electron chi connectivity index (χ3n) is 12.4. The third kappa shape index (κ3) is 6.84. The van der Waals surface area contributed by atoms with E-state index in [0.29, 0.717) is 27.9 Å². The highest BCUT2D eigenvalue weighted by Crippen LogP contribution is 2.65. The summed E-state index contributed by atoms with van der Waals surface area (Å²) in [5.41, 5.74) is 0.897. The highest BCUT2D eigenvalue weighted by atomic mass is 35.5. The minimum absolute atomic E-state index is 0.00141. The van der Waals surface area contributed by atoms with E-state index >= 15 is 9.59 Å². The number of aromatic nitrogens is 1. The summed E-state index contributed by atoms with van der Waals surface area (Å²) >= 11 is 12.6. The lowest BCUT2D eigenvalue weighted by Crippen LogP contribution is -2.53. The molecule has 3 fully saturated rings. The zero-order chi connectivity index (χ0) is 44.5. The fourth-order valence-corrected chi connectivity index (χ4v) is 10.1. The van der Waals surface area contributed by atoms with Crippen LogP contribution in [0.25, 0.3) is 0 Å². The number of halogens is 5. The second kappa shape index (κ2) is 15.5. The lowest BCUT2D eigenvalue weighted by molar-refractivity contribution is -0.384. The summed E-state index contributed by atoms with van der Waals surface area (Å²) in [6.45, 7) is 0.154. The molecule has 13 nitrogen and oxygen atoms in total. The van der Waals surface area contributed by atoms with Crippen molar-refractivity contribution < 1.29 is 47.1 Å². The number of hydrogen-bond donors (Lipinski definition) is 2. The van der Waals surface area contributed by atoms with Crippen LogP contribution < -0.4 is 15.1 Å². The number of benzene rings is 4. The number of nitro groups is 1. The number of amides is 4. The largest absolute Gasteiger partial charge is 0.508 e. The summed E-state index contributed by atoms with van der Waals surface area (Å²) in [5.74, 6) is -9.01. The maximum atomic E-state index is 15.5. The first-order valence-corrected chi connectivity index (χ1v) is 20.3. The van der Waals surface area contributed by atoms with Gasteiger partial charge >= 0.3 is 6.18 Å². The second-order valence-corrected chi connectivity index (χ2v) is 16.5. The van der Waals surface area contributed by atoms with E-state index in [4.69, 9.17) is 27.9 Å². The molecule has 1 aromatic heterocycles. The van der Waals surface area contributed by atoms with Gasteiger partial charge < -0.3 is 9.84 Å². The minimum Gasteiger partial charge on any atom is -0.508 e. The molecule has 0 unspecified atom stereocenters. The van der Waals surface area contributed by atoms with Crippen molar-refractivity contribution in [2.75, 3.05) is 10.3 Å². The van der Waals surface area contributed by atoms with Gasteiger partial charge in [-0.15, -0.1) is 0 Å². The molecule has 0 radical (unpaired) electrons. The average Bonchev–Trinajstić information content (AvgIpc) is 3.64. The number of hydrogen-bond acceptors (Lipinski definition) is 10. The lowest BCUT2D eigenvalue weighted by Gasteiger charge is -2.50. The molecule has 0 bridgehead atoms. The van der Waals surface area contributed by atoms with Gasteiger partial charge in [0.2, 0.25) is 11.8 Å². The summed E-state index contributed by atoms with van der Waals surface area (Å²) in [7, 11) is 0. The number of allylic oxidation sites excluding steroid dienone is 2. The summed E-state index contributed by atoms with van der Waals surface area (Å²) in [6.07, 6.45) is -2.75. The Morgan fingerprint density at radius 1 is 0.905 bits per heavy atom. The third-order valence-corrected chi connectivity index (χ3v) is 13.0. The van der Waals surface area contributed by atoms with Crippen LogP contribution in [-0.4, -0.2) is 43.7 Å². The van der Waals surface area contributed by atoms with E-state index in [1.54, 1.807) is 30.3 Å². The number of imide groups is 2. The van der Waals surface area contributed by atoms with Gasteiger partial charge in [0.1, 0.15) is 18.1 Å². The van der Waals surface area contributed by atoms with Gasteiger partial charge in [0, 0.05) is 40.9 Å². The van der Waals surface area contributed by atoms with Gasteiger partial charge in [-0.2, -0.15) is 18.2 Å². The number of nitrogens with zero attached hydrogens (tertiary/aromatic N) is 4. The van der Waals surface area contributed by atoms with E-state index in [9.17, 15) is 38.0 Å². The zero-order valence-electron chi connectivity index (χ0n) is 32.5. The van der Waals surface area contributed by atoms with Gasteiger partial charge in [-0.25, -0.2) is 9.88 Å². The van der Waals surface area contributed by atoms with Crippen molar-refractivity contribution in [3.8, 4) is 11.5 Å². The average molecular weight is 899 g/mol. The van der Waals surface area contributed by atoms with Crippen molar-refractivity contribution in [2.24, 2.45) is 23.7 Å². The molecule has 6 atom stereocenters. The second-order valence-electron chi connectivity index (χ2n) is 15.7. The standard InChI is InChI=1S/C45H32Cl2F3N5O8/c46-26-11-9-24(10-12-26)44-34(41(58)54(43(44)60)52-39-35(47)17-25(21-51-39)45(48,49)50)20-33-30(38(44)31-14-13-29(19-36(31)56)63-22-23-5-2-1-3-6-23)15-16-32-37(33)42(59)53(40(32)57)27-7-4-8-28(18-27)55(61)62/h1-15,17-19,21,32-34,37-38,56H,16,20,22H2,(H,51,52)/t32-,33+,34-,37-,38+,44+/m0/s1. The molecular formula is C45H32Cl2F3N5O8. The number of nitrogens with one attached hydrogen (secondary N) is 1. The van der Waals surface area contributed by atoms with Crippen LogP contribution in [0.3, 0.4) is 0 Å². The molecule has 2 aliphatic carbocycles. The van der Waals surface area contributed by atoms with Crippen molar-refractivity contribution in [3.63, 3.8) is 0 Å². The van der Waals surface area contributed by atoms with Crippen LogP contribution in [0.15, 0.2) is 121 Å². The molecule has 4 aromatic carbocycles. The Labute approximate surface area is 365 Å². The highest BCUT2D eigenvalue weighted by Gasteiger charge is 2.71. The topological polar surface area (TPSA) is 172 Å². The Bertz CT molecular complexity index is 2770. The minimum atomic E-state index is -4.80. The fraction of sp³-hybridized carbons (Fsp3) is 0.222. The van der Waals surface area contributed by atoms with Crippen molar-refractivity contribution in [2.45, 2.75) is 37.0 Å². The molecule has 2 saturated heterocycles. The number of ether oxygens (including phenoxy) is 1. The number of rotatable bonds is 9. The number of alkyl halides is 3. The SMILES string of the molecule is O=C1[C@@H]2C[C@@H]3C(=CC[C@@H]4C(=O)N(c5cccc([N+](=O)[O-])c5)C(=O)[C@@H]43)[C@H](c3ccc(OCc4ccccc4)cc3O)[C@]2(c2ccc(Cl)cc2)C(=O)N1Nc1ncc(C(F)(F)F)cc1Cl. The van der Waals surface area contributed by atoms with E-state index in [1.807, 2.05) is 30.3 Å². The molecule has 2 N–H and O–H groups in total. The first kappa shape index (κ1) is 41.6. The predicted molar refractivity (Wildman–Crippen MR) is 221 cm³/mol. The number of non-ortho nitro benzene ring substituents is 1. The number of carbonyl (C=O) groups is 4. The Hall–Kier alpha value is -6.78. The van der Waals surface area contributed by atoms with Gasteiger partial charge in [0.25, 0.3) is 17.5 Å². The van der Waals surface area contributed by atoms with E-state index in [0.717, 1.165) is 16.5 Å². The molecule has 320 valence electrons. The van der Waals surface area contributed by atoms with Gasteiger partial charge in [0.15, 0.2) is 5.82 Å². The van der Waals surface area contributed by atoms with Crippen molar-refractivity contribution in [1.29, 1.82) is 0 Å². The molecule has 2 aliphatic heterocycles. The van der Waals surface area contributed by atoms with Crippen LogP contribution in [0.2, 0.25) is 10.0 Å².